The Morgan fingerprint density at radius 3 is 2.73 bits per heavy atom. The zero-order valence-corrected chi connectivity index (χ0v) is 16.0. The number of benzene rings is 1. The molecule has 1 aromatic carbocycles. The minimum Gasteiger partial charge on any atom is -0.598 e. The van der Waals surface area contributed by atoms with Crippen LogP contribution in [0.3, 0.4) is 0 Å². The van der Waals surface area contributed by atoms with Gasteiger partial charge in [-0.05, 0) is 74.8 Å². The molecule has 3 rings (SSSR count). The molecule has 3 atom stereocenters. The summed E-state index contributed by atoms with van der Waals surface area (Å²) >= 11 is -1.03. The van der Waals surface area contributed by atoms with Crippen molar-refractivity contribution in [3.63, 3.8) is 0 Å². The van der Waals surface area contributed by atoms with Gasteiger partial charge in [-0.15, -0.1) is 4.72 Å². The quantitative estimate of drug-likeness (QED) is 0.738. The SMILES string of the molecule is C[S+]([O-])N[C@H]1CCCN[C@H]1CO[C@H]1CC[C@@H](c2cc(F)ccc2F)CC1. The number of hydrogen-bond acceptors (Lipinski definition) is 4. The highest BCUT2D eigenvalue weighted by atomic mass is 32.2. The second-order valence-electron chi connectivity index (χ2n) is 7.35. The minimum atomic E-state index is -1.03. The fraction of sp³-hybridized carbons (Fsp3) is 0.684. The Labute approximate surface area is 157 Å². The van der Waals surface area contributed by atoms with Crippen LogP contribution in [-0.2, 0) is 16.1 Å². The first-order valence-electron chi connectivity index (χ1n) is 9.42. The predicted octanol–water partition coefficient (Wildman–Crippen LogP) is 3.01. The molecular formula is C19H28F2N2O2S. The highest BCUT2D eigenvalue weighted by Gasteiger charge is 2.30. The molecule has 0 aromatic heterocycles. The van der Waals surface area contributed by atoms with Crippen molar-refractivity contribution in [1.82, 2.24) is 10.0 Å². The van der Waals surface area contributed by atoms with Crippen LogP contribution in [0, 0.1) is 11.6 Å². The molecule has 0 bridgehead atoms. The molecule has 1 aromatic rings. The van der Waals surface area contributed by atoms with Crippen molar-refractivity contribution in [2.45, 2.75) is 62.6 Å². The van der Waals surface area contributed by atoms with Gasteiger partial charge in [0.15, 0.2) is 0 Å². The van der Waals surface area contributed by atoms with E-state index in [1.165, 1.54) is 18.2 Å². The standard InChI is InChI=1S/C19H28F2N2O2S/c1-26(24)23-18-3-2-10-22-19(18)12-25-15-7-4-13(5-8-15)16-11-14(20)6-9-17(16)21/h6,9,11,13,15,18-19,22-23H,2-5,7-8,10,12H2,1H3/t13-,15+,18-,19-,26?/m0/s1. The number of nitrogens with one attached hydrogen (secondary N) is 2. The zero-order valence-electron chi connectivity index (χ0n) is 15.2. The molecule has 2 aliphatic rings. The lowest BCUT2D eigenvalue weighted by Crippen LogP contribution is -2.55. The van der Waals surface area contributed by atoms with Gasteiger partial charge in [-0.3, -0.25) is 0 Å². The molecule has 2 fully saturated rings. The first kappa shape index (κ1) is 20.0. The van der Waals surface area contributed by atoms with Crippen molar-refractivity contribution in [2.75, 3.05) is 19.4 Å². The molecule has 146 valence electrons. The molecule has 0 radical (unpaired) electrons. The Bertz CT molecular complexity index is 583. The van der Waals surface area contributed by atoms with Crippen LogP contribution in [0.5, 0.6) is 0 Å². The molecule has 1 heterocycles. The van der Waals surface area contributed by atoms with Gasteiger partial charge in [0.1, 0.15) is 17.9 Å². The largest absolute Gasteiger partial charge is 0.598 e. The highest BCUT2D eigenvalue weighted by molar-refractivity contribution is 7.88. The van der Waals surface area contributed by atoms with Crippen molar-refractivity contribution in [1.29, 1.82) is 0 Å². The van der Waals surface area contributed by atoms with E-state index in [2.05, 4.69) is 10.0 Å². The number of halogens is 2. The van der Waals surface area contributed by atoms with Gasteiger partial charge in [-0.1, -0.05) is 0 Å². The molecule has 1 aliphatic carbocycles. The zero-order chi connectivity index (χ0) is 18.5. The van der Waals surface area contributed by atoms with E-state index in [0.29, 0.717) is 12.2 Å². The van der Waals surface area contributed by atoms with Crippen LogP contribution in [0.4, 0.5) is 8.78 Å². The average molecular weight is 387 g/mol. The van der Waals surface area contributed by atoms with Crippen LogP contribution in [0.1, 0.15) is 50.0 Å². The van der Waals surface area contributed by atoms with Crippen molar-refractivity contribution >= 4 is 11.4 Å². The third-order valence-electron chi connectivity index (χ3n) is 5.49. The fourth-order valence-corrected chi connectivity index (χ4v) is 4.80. The summed E-state index contributed by atoms with van der Waals surface area (Å²) in [5, 5.41) is 3.45. The normalized spacial score (nSPS) is 30.9. The third kappa shape index (κ3) is 5.39. The summed E-state index contributed by atoms with van der Waals surface area (Å²) in [6.07, 6.45) is 7.19. The Morgan fingerprint density at radius 1 is 1.23 bits per heavy atom. The van der Waals surface area contributed by atoms with Crippen molar-refractivity contribution < 1.29 is 18.1 Å². The smallest absolute Gasteiger partial charge is 0.126 e. The molecule has 26 heavy (non-hydrogen) atoms. The number of hydrogen-bond donors (Lipinski definition) is 2. The van der Waals surface area contributed by atoms with E-state index in [0.717, 1.165) is 45.1 Å². The van der Waals surface area contributed by atoms with E-state index < -0.39 is 11.4 Å². The average Bonchev–Trinajstić information content (AvgIpc) is 2.63. The van der Waals surface area contributed by atoms with Gasteiger partial charge < -0.3 is 14.6 Å². The fourth-order valence-electron chi connectivity index (χ4n) is 4.09. The van der Waals surface area contributed by atoms with Gasteiger partial charge in [-0.2, -0.15) is 0 Å². The van der Waals surface area contributed by atoms with E-state index in [-0.39, 0.29) is 35.7 Å². The first-order chi connectivity index (χ1) is 12.5. The van der Waals surface area contributed by atoms with Gasteiger partial charge in [0.25, 0.3) is 0 Å². The van der Waals surface area contributed by atoms with Crippen LogP contribution in [0.25, 0.3) is 0 Å². The topological polar surface area (TPSA) is 56.3 Å². The molecule has 0 amide bonds. The van der Waals surface area contributed by atoms with Gasteiger partial charge in [0, 0.05) is 11.4 Å². The van der Waals surface area contributed by atoms with E-state index in [9.17, 15) is 13.3 Å². The number of ether oxygens (including phenoxy) is 1. The van der Waals surface area contributed by atoms with Crippen molar-refractivity contribution in [2.24, 2.45) is 0 Å². The Kier molecular flexibility index (Phi) is 7.28. The van der Waals surface area contributed by atoms with Crippen LogP contribution in [0.2, 0.25) is 0 Å². The molecule has 0 spiro atoms. The monoisotopic (exact) mass is 386 g/mol. The molecule has 7 heteroatoms. The molecule has 4 nitrogen and oxygen atoms in total. The molecule has 1 unspecified atom stereocenters. The molecule has 1 saturated heterocycles. The maximum atomic E-state index is 14.0. The predicted molar refractivity (Wildman–Crippen MR) is 99.3 cm³/mol. The minimum absolute atomic E-state index is 0.0651. The van der Waals surface area contributed by atoms with Gasteiger partial charge in [0.2, 0.25) is 0 Å². The second-order valence-corrected chi connectivity index (χ2v) is 8.50. The van der Waals surface area contributed by atoms with Crippen LogP contribution in [-0.4, -0.2) is 42.1 Å². The van der Waals surface area contributed by atoms with Crippen LogP contribution < -0.4 is 10.0 Å². The van der Waals surface area contributed by atoms with Crippen LogP contribution in [0.15, 0.2) is 18.2 Å². The van der Waals surface area contributed by atoms with Crippen LogP contribution >= 0.6 is 0 Å². The van der Waals surface area contributed by atoms with Gasteiger partial charge in [0.05, 0.1) is 24.8 Å². The highest BCUT2D eigenvalue weighted by Crippen LogP contribution is 2.35. The van der Waals surface area contributed by atoms with E-state index in [1.54, 1.807) is 6.26 Å². The van der Waals surface area contributed by atoms with Crippen molar-refractivity contribution in [3.8, 4) is 0 Å². The Balaban J connectivity index is 1.47. The number of piperidine rings is 1. The summed E-state index contributed by atoms with van der Waals surface area (Å²) < 4.78 is 48.0. The summed E-state index contributed by atoms with van der Waals surface area (Å²) in [7, 11) is 0. The summed E-state index contributed by atoms with van der Waals surface area (Å²) in [6.45, 7) is 1.53. The third-order valence-corrected chi connectivity index (χ3v) is 6.12. The maximum absolute atomic E-state index is 14.0. The second kappa shape index (κ2) is 9.46. The van der Waals surface area contributed by atoms with E-state index >= 15 is 0 Å². The van der Waals surface area contributed by atoms with E-state index in [1.807, 2.05) is 0 Å². The Hall–Kier alpha value is -0.730. The number of rotatable bonds is 6. The Morgan fingerprint density at radius 2 is 2.00 bits per heavy atom. The summed E-state index contributed by atoms with van der Waals surface area (Å²) in [4.78, 5) is 0. The summed E-state index contributed by atoms with van der Waals surface area (Å²) in [5.74, 6) is -0.631. The maximum Gasteiger partial charge on any atom is 0.126 e. The molecule has 2 N–H and O–H groups in total. The van der Waals surface area contributed by atoms with Crippen molar-refractivity contribution in [3.05, 3.63) is 35.4 Å². The van der Waals surface area contributed by atoms with Gasteiger partial charge in [-0.25, -0.2) is 8.78 Å². The van der Waals surface area contributed by atoms with E-state index in [4.69, 9.17) is 4.74 Å². The lowest BCUT2D eigenvalue weighted by atomic mass is 9.82. The summed E-state index contributed by atoms with van der Waals surface area (Å²) in [5.41, 5.74) is 0.493. The molecule has 1 aliphatic heterocycles. The van der Waals surface area contributed by atoms with Gasteiger partial charge >= 0.3 is 0 Å². The lowest BCUT2D eigenvalue weighted by Gasteiger charge is -2.35. The summed E-state index contributed by atoms with van der Waals surface area (Å²) in [6, 6.07) is 4.03. The molecular weight excluding hydrogens is 358 g/mol. The lowest BCUT2D eigenvalue weighted by molar-refractivity contribution is 0.00505. The first-order valence-corrected chi connectivity index (χ1v) is 11.0. The molecule has 1 saturated carbocycles.